The number of carboxylic acids is 1. The molecule has 8 heteroatoms. The number of nitrogens with one attached hydrogen (secondary N) is 1. The van der Waals surface area contributed by atoms with Crippen molar-refractivity contribution in [1.29, 1.82) is 0 Å². The molecule has 23 heavy (non-hydrogen) atoms. The lowest BCUT2D eigenvalue weighted by atomic mass is 10.1. The maximum absolute atomic E-state index is 11.5. The van der Waals surface area contributed by atoms with Gasteiger partial charge in [-0.05, 0) is 31.0 Å². The topological polar surface area (TPSA) is 106 Å². The van der Waals surface area contributed by atoms with E-state index in [0.717, 1.165) is 11.1 Å². The van der Waals surface area contributed by atoms with E-state index >= 15 is 0 Å². The second-order valence-corrected chi connectivity index (χ2v) is 5.08. The van der Waals surface area contributed by atoms with Crippen molar-refractivity contribution in [3.8, 4) is 5.75 Å². The first-order chi connectivity index (χ1) is 10.9. The number of likely N-dealkylation sites (N-methyl/N-ethyl adjacent to an activating group) is 1. The Bertz CT molecular complexity index is 739. The van der Waals surface area contributed by atoms with Gasteiger partial charge in [-0.15, -0.1) is 5.10 Å². The molecule has 8 nitrogen and oxygen atoms in total. The molecule has 0 atom stereocenters. The van der Waals surface area contributed by atoms with E-state index in [-0.39, 0.29) is 30.4 Å². The van der Waals surface area contributed by atoms with E-state index in [2.05, 4.69) is 15.6 Å². The van der Waals surface area contributed by atoms with Gasteiger partial charge in [-0.1, -0.05) is 17.3 Å². The molecular weight excluding hydrogens is 300 g/mol. The minimum absolute atomic E-state index is 0.0457. The predicted molar refractivity (Wildman–Crippen MR) is 81.3 cm³/mol. The summed E-state index contributed by atoms with van der Waals surface area (Å²) in [5.74, 6) is -0.874. The third kappa shape index (κ3) is 3.85. The number of carboxylic acid groups (broad SMARTS) is 1. The number of carbonyl (C=O) groups excluding carboxylic acids is 1. The van der Waals surface area contributed by atoms with Gasteiger partial charge >= 0.3 is 5.97 Å². The highest BCUT2D eigenvalue weighted by atomic mass is 16.5. The summed E-state index contributed by atoms with van der Waals surface area (Å²) >= 11 is 0. The van der Waals surface area contributed by atoms with Crippen LogP contribution in [0.25, 0.3) is 0 Å². The van der Waals surface area contributed by atoms with Crippen molar-refractivity contribution in [3.05, 3.63) is 40.7 Å². The van der Waals surface area contributed by atoms with Crippen LogP contribution >= 0.6 is 0 Å². The lowest BCUT2D eigenvalue weighted by Gasteiger charge is -2.11. The van der Waals surface area contributed by atoms with Gasteiger partial charge in [0.1, 0.15) is 24.6 Å². The van der Waals surface area contributed by atoms with Crippen molar-refractivity contribution < 1.29 is 19.4 Å². The molecule has 122 valence electrons. The van der Waals surface area contributed by atoms with Gasteiger partial charge in [-0.2, -0.15) is 0 Å². The summed E-state index contributed by atoms with van der Waals surface area (Å²) in [6, 6.07) is 5.74. The molecule has 2 N–H and O–H groups in total. The fourth-order valence-corrected chi connectivity index (χ4v) is 1.99. The lowest BCUT2D eigenvalue weighted by Crippen LogP contribution is -2.25. The third-order valence-electron chi connectivity index (χ3n) is 3.32. The summed E-state index contributed by atoms with van der Waals surface area (Å²) < 4.78 is 6.94. The first-order valence-electron chi connectivity index (χ1n) is 6.98. The van der Waals surface area contributed by atoms with Gasteiger partial charge in [0.15, 0.2) is 5.69 Å². The fraction of sp³-hybridized carbons (Fsp3) is 0.333. The van der Waals surface area contributed by atoms with E-state index in [1.807, 2.05) is 32.0 Å². The second-order valence-electron chi connectivity index (χ2n) is 5.08. The Morgan fingerprint density at radius 3 is 2.74 bits per heavy atom. The zero-order chi connectivity index (χ0) is 17.0. The number of hydrogen-bond acceptors (Lipinski definition) is 5. The molecule has 1 aromatic carbocycles. The largest absolute Gasteiger partial charge is 0.487 e. The van der Waals surface area contributed by atoms with Crippen molar-refractivity contribution in [3.63, 3.8) is 0 Å². The number of carbonyl (C=O) groups is 2. The number of hydrogen-bond donors (Lipinski definition) is 2. The molecule has 0 aliphatic heterocycles. The molecule has 0 unspecified atom stereocenters. The van der Waals surface area contributed by atoms with E-state index in [0.29, 0.717) is 5.75 Å². The molecular formula is C15H18N4O4. The number of rotatable bonds is 6. The maximum Gasteiger partial charge on any atom is 0.358 e. The van der Waals surface area contributed by atoms with Crippen LogP contribution in [0.5, 0.6) is 5.75 Å². The van der Waals surface area contributed by atoms with Gasteiger partial charge < -0.3 is 15.2 Å². The average molecular weight is 318 g/mol. The molecule has 0 saturated heterocycles. The zero-order valence-electron chi connectivity index (χ0n) is 13.2. The van der Waals surface area contributed by atoms with Crippen LogP contribution in [0.3, 0.4) is 0 Å². The van der Waals surface area contributed by atoms with Crippen LogP contribution in [0.4, 0.5) is 0 Å². The van der Waals surface area contributed by atoms with E-state index in [4.69, 9.17) is 4.74 Å². The Kier molecular flexibility index (Phi) is 4.95. The lowest BCUT2D eigenvalue weighted by molar-refractivity contribution is -0.121. The molecule has 2 aromatic rings. The number of benzene rings is 1. The first kappa shape index (κ1) is 16.5. The van der Waals surface area contributed by atoms with E-state index in [9.17, 15) is 14.7 Å². The molecule has 1 aromatic heterocycles. The van der Waals surface area contributed by atoms with Gasteiger partial charge in [0, 0.05) is 7.05 Å². The van der Waals surface area contributed by atoms with Gasteiger partial charge in [0.25, 0.3) is 0 Å². The van der Waals surface area contributed by atoms with E-state index in [1.165, 1.54) is 11.7 Å². The molecule has 0 spiro atoms. The minimum atomic E-state index is -1.22. The van der Waals surface area contributed by atoms with Crippen molar-refractivity contribution in [2.75, 3.05) is 7.05 Å². The molecule has 0 aliphatic carbocycles. The van der Waals surface area contributed by atoms with E-state index in [1.54, 1.807) is 0 Å². The quantitative estimate of drug-likeness (QED) is 0.820. The van der Waals surface area contributed by atoms with Crippen LogP contribution < -0.4 is 10.1 Å². The molecule has 0 radical (unpaired) electrons. The highest BCUT2D eigenvalue weighted by Crippen LogP contribution is 2.21. The number of nitrogens with zero attached hydrogens (tertiary/aromatic N) is 3. The summed E-state index contributed by atoms with van der Waals surface area (Å²) in [5.41, 5.74) is 1.97. The molecule has 2 rings (SSSR count). The summed E-state index contributed by atoms with van der Waals surface area (Å²) in [6.07, 6.45) is 0. The highest BCUT2D eigenvalue weighted by Gasteiger charge is 2.21. The SMILES string of the molecule is CNC(=O)Cn1nnc(C(=O)O)c1COc1cc(C)ccc1C. The number of amides is 1. The Morgan fingerprint density at radius 1 is 1.35 bits per heavy atom. The van der Waals surface area contributed by atoms with Gasteiger partial charge in [-0.3, -0.25) is 4.79 Å². The fourth-order valence-electron chi connectivity index (χ4n) is 1.99. The second kappa shape index (κ2) is 6.91. The first-order valence-corrected chi connectivity index (χ1v) is 6.98. The average Bonchev–Trinajstić information content (AvgIpc) is 2.91. The van der Waals surface area contributed by atoms with Crippen LogP contribution in [-0.4, -0.2) is 39.0 Å². The highest BCUT2D eigenvalue weighted by molar-refractivity contribution is 5.86. The Morgan fingerprint density at radius 2 is 2.09 bits per heavy atom. The Hall–Kier alpha value is -2.90. The molecule has 0 fully saturated rings. The molecule has 0 aliphatic rings. The Balaban J connectivity index is 2.26. The number of aryl methyl sites for hydroxylation is 2. The summed E-state index contributed by atoms with van der Waals surface area (Å²) in [6.45, 7) is 3.66. The van der Waals surface area contributed by atoms with Crippen LogP contribution in [-0.2, 0) is 17.9 Å². The third-order valence-corrected chi connectivity index (χ3v) is 3.32. The standard InChI is InChI=1S/C15H18N4O4/c1-9-4-5-10(2)12(6-9)23-8-11-14(15(21)22)17-18-19(11)7-13(20)16-3/h4-6H,7-8H2,1-3H3,(H,16,20)(H,21,22). The van der Waals surface area contributed by atoms with Crippen molar-refractivity contribution in [1.82, 2.24) is 20.3 Å². The van der Waals surface area contributed by atoms with Gasteiger partial charge in [0.2, 0.25) is 5.91 Å². The summed E-state index contributed by atoms with van der Waals surface area (Å²) in [5, 5.41) is 19.0. The van der Waals surface area contributed by atoms with Crippen LogP contribution in [0.1, 0.15) is 27.3 Å². The van der Waals surface area contributed by atoms with Crippen LogP contribution in [0.15, 0.2) is 18.2 Å². The van der Waals surface area contributed by atoms with Gasteiger partial charge in [0.05, 0.1) is 0 Å². The van der Waals surface area contributed by atoms with Gasteiger partial charge in [-0.25, -0.2) is 9.48 Å². The minimum Gasteiger partial charge on any atom is -0.487 e. The van der Waals surface area contributed by atoms with Crippen LogP contribution in [0.2, 0.25) is 0 Å². The Labute approximate surface area is 133 Å². The zero-order valence-corrected chi connectivity index (χ0v) is 13.2. The number of ether oxygens (including phenoxy) is 1. The normalized spacial score (nSPS) is 10.4. The van der Waals surface area contributed by atoms with Crippen molar-refractivity contribution >= 4 is 11.9 Å². The van der Waals surface area contributed by atoms with E-state index < -0.39 is 5.97 Å². The summed E-state index contributed by atoms with van der Waals surface area (Å²) in [7, 11) is 1.49. The molecule has 1 heterocycles. The molecule has 0 saturated carbocycles. The molecule has 0 bridgehead atoms. The number of aromatic nitrogens is 3. The van der Waals surface area contributed by atoms with Crippen molar-refractivity contribution in [2.24, 2.45) is 0 Å². The van der Waals surface area contributed by atoms with Crippen molar-refractivity contribution in [2.45, 2.75) is 27.0 Å². The smallest absolute Gasteiger partial charge is 0.358 e. The number of aromatic carboxylic acids is 1. The monoisotopic (exact) mass is 318 g/mol. The molecule has 1 amide bonds. The predicted octanol–water partition coefficient (Wildman–Crippen LogP) is 0.918. The maximum atomic E-state index is 11.5. The van der Waals surface area contributed by atoms with Crippen LogP contribution in [0, 0.1) is 13.8 Å². The summed E-state index contributed by atoms with van der Waals surface area (Å²) in [4.78, 5) is 22.7.